The van der Waals surface area contributed by atoms with Gasteiger partial charge in [0.2, 0.25) is 5.91 Å². The van der Waals surface area contributed by atoms with Gasteiger partial charge in [-0.3, -0.25) is 4.79 Å². The lowest BCUT2D eigenvalue weighted by Crippen LogP contribution is -2.06. The minimum atomic E-state index is -4.40. The van der Waals surface area contributed by atoms with Crippen LogP contribution in [0.4, 0.5) is 18.9 Å². The van der Waals surface area contributed by atoms with Crippen LogP contribution in [0.2, 0.25) is 0 Å². The van der Waals surface area contributed by atoms with Gasteiger partial charge in [0.25, 0.3) is 0 Å². The van der Waals surface area contributed by atoms with E-state index in [1.54, 1.807) is 0 Å². The molecule has 1 aromatic carbocycles. The second-order valence-corrected chi connectivity index (χ2v) is 4.07. The molecule has 1 heterocycles. The number of rotatable bonds is 0. The third-order valence-electron chi connectivity index (χ3n) is 2.12. The van der Waals surface area contributed by atoms with Crippen LogP contribution >= 0.6 is 15.9 Å². The Hall–Kier alpha value is -1.04. The van der Waals surface area contributed by atoms with Crippen molar-refractivity contribution in [3.05, 3.63) is 27.7 Å². The highest BCUT2D eigenvalue weighted by Crippen LogP contribution is 2.39. The summed E-state index contributed by atoms with van der Waals surface area (Å²) < 4.78 is 37.4. The Kier molecular flexibility index (Phi) is 2.26. The molecule has 15 heavy (non-hydrogen) atoms. The number of carbonyl (C=O) groups is 1. The van der Waals surface area contributed by atoms with Gasteiger partial charge in [-0.15, -0.1) is 0 Å². The molecule has 0 unspecified atom stereocenters. The molecule has 0 radical (unpaired) electrons. The van der Waals surface area contributed by atoms with Crippen molar-refractivity contribution in [1.29, 1.82) is 0 Å². The van der Waals surface area contributed by atoms with Crippen LogP contribution < -0.4 is 5.32 Å². The van der Waals surface area contributed by atoms with E-state index in [-0.39, 0.29) is 16.8 Å². The van der Waals surface area contributed by atoms with Gasteiger partial charge in [0, 0.05) is 10.2 Å². The van der Waals surface area contributed by atoms with E-state index in [0.29, 0.717) is 11.3 Å². The molecule has 6 heteroatoms. The Bertz CT molecular complexity index is 442. The van der Waals surface area contributed by atoms with Crippen LogP contribution in [0, 0.1) is 0 Å². The molecule has 1 N–H and O–H groups in total. The Morgan fingerprint density at radius 1 is 1.33 bits per heavy atom. The summed E-state index contributed by atoms with van der Waals surface area (Å²) in [7, 11) is 0. The largest absolute Gasteiger partial charge is 0.417 e. The molecular weight excluding hydrogens is 275 g/mol. The number of halogens is 4. The molecule has 0 spiro atoms. The van der Waals surface area contributed by atoms with Crippen LogP contribution in [-0.4, -0.2) is 5.91 Å². The summed E-state index contributed by atoms with van der Waals surface area (Å²) in [5.41, 5.74) is 0.0770. The lowest BCUT2D eigenvalue weighted by atomic mass is 10.1. The molecule has 0 saturated carbocycles. The number of benzene rings is 1. The van der Waals surface area contributed by atoms with E-state index in [0.717, 1.165) is 6.07 Å². The summed E-state index contributed by atoms with van der Waals surface area (Å²) in [5, 5.41) is 2.48. The average Bonchev–Trinajstić information content (AvgIpc) is 2.40. The molecule has 1 aromatic rings. The molecule has 2 nitrogen and oxygen atoms in total. The van der Waals surface area contributed by atoms with Gasteiger partial charge in [-0.25, -0.2) is 0 Å². The van der Waals surface area contributed by atoms with Crippen molar-refractivity contribution in [2.24, 2.45) is 0 Å². The first-order valence-corrected chi connectivity index (χ1v) is 4.86. The smallest absolute Gasteiger partial charge is 0.325 e. The maximum atomic E-state index is 12.5. The molecule has 0 bridgehead atoms. The topological polar surface area (TPSA) is 29.1 Å². The van der Waals surface area contributed by atoms with Crippen molar-refractivity contribution in [3.8, 4) is 0 Å². The van der Waals surface area contributed by atoms with Crippen LogP contribution in [0.15, 0.2) is 16.6 Å². The Morgan fingerprint density at radius 3 is 2.60 bits per heavy atom. The molecule has 0 fully saturated rings. The molecule has 1 aliphatic heterocycles. The zero-order valence-corrected chi connectivity index (χ0v) is 8.87. The summed E-state index contributed by atoms with van der Waals surface area (Å²) in [6, 6.07) is 2.28. The van der Waals surface area contributed by atoms with Gasteiger partial charge in [-0.05, 0) is 17.7 Å². The van der Waals surface area contributed by atoms with E-state index in [4.69, 9.17) is 0 Å². The Labute approximate surface area is 91.6 Å². The summed E-state index contributed by atoms with van der Waals surface area (Å²) in [6.45, 7) is 0. The molecule has 0 aromatic heterocycles. The second kappa shape index (κ2) is 3.23. The Balaban J connectivity index is 2.54. The first-order valence-electron chi connectivity index (χ1n) is 4.07. The fourth-order valence-corrected chi connectivity index (χ4v) is 2.03. The molecule has 0 saturated heterocycles. The predicted molar refractivity (Wildman–Crippen MR) is 51.5 cm³/mol. The van der Waals surface area contributed by atoms with Gasteiger partial charge < -0.3 is 5.32 Å². The number of hydrogen-bond donors (Lipinski definition) is 1. The maximum Gasteiger partial charge on any atom is 0.417 e. The Morgan fingerprint density at radius 2 is 2.00 bits per heavy atom. The van der Waals surface area contributed by atoms with Gasteiger partial charge in [-0.2, -0.15) is 13.2 Å². The second-order valence-electron chi connectivity index (χ2n) is 3.21. The van der Waals surface area contributed by atoms with Gasteiger partial charge >= 0.3 is 6.18 Å². The minimum Gasteiger partial charge on any atom is -0.325 e. The number of carbonyl (C=O) groups excluding carboxylic acids is 1. The zero-order valence-electron chi connectivity index (χ0n) is 7.28. The summed E-state index contributed by atoms with van der Waals surface area (Å²) in [5.74, 6) is -0.281. The van der Waals surface area contributed by atoms with Gasteiger partial charge in [-0.1, -0.05) is 15.9 Å². The van der Waals surface area contributed by atoms with Crippen LogP contribution in [0.25, 0.3) is 0 Å². The van der Waals surface area contributed by atoms with E-state index in [1.807, 2.05) is 0 Å². The van der Waals surface area contributed by atoms with Crippen LogP contribution in [-0.2, 0) is 17.4 Å². The average molecular weight is 280 g/mol. The van der Waals surface area contributed by atoms with Crippen molar-refractivity contribution < 1.29 is 18.0 Å². The van der Waals surface area contributed by atoms with Gasteiger partial charge in [0.05, 0.1) is 12.0 Å². The van der Waals surface area contributed by atoms with E-state index >= 15 is 0 Å². The van der Waals surface area contributed by atoms with Crippen molar-refractivity contribution in [1.82, 2.24) is 0 Å². The molecule has 0 atom stereocenters. The van der Waals surface area contributed by atoms with Crippen molar-refractivity contribution in [2.45, 2.75) is 12.6 Å². The number of hydrogen-bond acceptors (Lipinski definition) is 1. The fourth-order valence-electron chi connectivity index (χ4n) is 1.47. The number of fused-ring (bicyclic) bond motifs is 1. The number of amides is 1. The number of anilines is 1. The van der Waals surface area contributed by atoms with Crippen LogP contribution in [0.1, 0.15) is 11.1 Å². The van der Waals surface area contributed by atoms with Crippen molar-refractivity contribution >= 4 is 27.5 Å². The summed E-state index contributed by atoms with van der Waals surface area (Å²) in [6.07, 6.45) is -4.40. The van der Waals surface area contributed by atoms with E-state index < -0.39 is 11.7 Å². The van der Waals surface area contributed by atoms with Crippen LogP contribution in [0.3, 0.4) is 0 Å². The minimum absolute atomic E-state index is 0.00565. The van der Waals surface area contributed by atoms with Gasteiger partial charge in [0.1, 0.15) is 0 Å². The molecule has 2 rings (SSSR count). The summed E-state index contributed by atoms with van der Waals surface area (Å²) >= 11 is 2.83. The molecule has 1 amide bonds. The lowest BCUT2D eigenvalue weighted by molar-refractivity contribution is -0.138. The fraction of sp³-hybridized carbons (Fsp3) is 0.222. The first kappa shape index (κ1) is 10.5. The quantitative estimate of drug-likeness (QED) is 0.777. The SMILES string of the molecule is O=C1Cc2cc(C(F)(F)F)c(Br)cc2N1. The van der Waals surface area contributed by atoms with E-state index in [9.17, 15) is 18.0 Å². The monoisotopic (exact) mass is 279 g/mol. The van der Waals surface area contributed by atoms with Crippen molar-refractivity contribution in [2.75, 3.05) is 5.32 Å². The highest BCUT2D eigenvalue weighted by molar-refractivity contribution is 9.10. The van der Waals surface area contributed by atoms with Gasteiger partial charge in [0.15, 0.2) is 0 Å². The summed E-state index contributed by atoms with van der Waals surface area (Å²) in [4.78, 5) is 11.0. The molecular formula is C9H5BrF3NO. The highest BCUT2D eigenvalue weighted by Gasteiger charge is 2.34. The zero-order chi connectivity index (χ0) is 11.2. The third kappa shape index (κ3) is 1.86. The highest BCUT2D eigenvalue weighted by atomic mass is 79.9. The normalized spacial score (nSPS) is 15.1. The van der Waals surface area contributed by atoms with E-state index in [2.05, 4.69) is 21.2 Å². The standard InChI is InChI=1S/C9H5BrF3NO/c10-6-3-7-4(2-8(15)14-7)1-5(6)9(11,12)13/h1,3H,2H2,(H,14,15). The number of nitrogens with one attached hydrogen (secondary N) is 1. The predicted octanol–water partition coefficient (Wildman–Crippen LogP) is 2.96. The van der Waals surface area contributed by atoms with Crippen molar-refractivity contribution in [3.63, 3.8) is 0 Å². The first-order chi connectivity index (χ1) is 6.88. The van der Waals surface area contributed by atoms with E-state index in [1.165, 1.54) is 6.07 Å². The molecule has 1 aliphatic rings. The number of alkyl halides is 3. The van der Waals surface area contributed by atoms with Crippen LogP contribution in [0.5, 0.6) is 0 Å². The molecule has 0 aliphatic carbocycles. The maximum absolute atomic E-state index is 12.5. The lowest BCUT2D eigenvalue weighted by Gasteiger charge is -2.10. The molecule has 80 valence electrons. The third-order valence-corrected chi connectivity index (χ3v) is 2.78.